The smallest absolute Gasteiger partial charge is 0.223 e. The summed E-state index contributed by atoms with van der Waals surface area (Å²) in [6.07, 6.45) is 0. The lowest BCUT2D eigenvalue weighted by atomic mass is 10.1. The third-order valence-electron chi connectivity index (χ3n) is 2.05. The van der Waals surface area contributed by atoms with E-state index in [1.807, 2.05) is 32.0 Å². The first-order valence-corrected chi connectivity index (χ1v) is 4.50. The predicted octanol–water partition coefficient (Wildman–Crippen LogP) is -2.47. The fourth-order valence-electron chi connectivity index (χ4n) is 1.14. The maximum Gasteiger partial charge on any atom is 0.223 e. The number of benzene rings is 1. The number of hydrogen-bond acceptors (Lipinski definition) is 1. The number of rotatable bonds is 1. The molecular formula is C10H15ClN5-. The first-order chi connectivity index (χ1) is 7.00. The van der Waals surface area contributed by atoms with Gasteiger partial charge in [0.1, 0.15) is 0 Å². The molecule has 0 bridgehead atoms. The van der Waals surface area contributed by atoms with Gasteiger partial charge in [-0.3, -0.25) is 0 Å². The summed E-state index contributed by atoms with van der Waals surface area (Å²) in [6.45, 7) is 3.97. The van der Waals surface area contributed by atoms with Crippen molar-refractivity contribution in [3.63, 3.8) is 0 Å². The summed E-state index contributed by atoms with van der Waals surface area (Å²) in [5.74, 6) is -0.0368. The Morgan fingerprint density at radius 3 is 2.31 bits per heavy atom. The highest BCUT2D eigenvalue weighted by Gasteiger charge is 1.99. The fraction of sp³-hybridized carbons (Fsp3) is 0.200. The second kappa shape index (κ2) is 5.97. The maximum absolute atomic E-state index is 5.53. The number of nitrogens with zero attached hydrogens (tertiary/aromatic N) is 2. The Morgan fingerprint density at radius 2 is 1.75 bits per heavy atom. The molecule has 0 unspecified atom stereocenters. The van der Waals surface area contributed by atoms with Crippen molar-refractivity contribution in [2.24, 2.45) is 27.2 Å². The monoisotopic (exact) mass is 240 g/mol. The molecular weight excluding hydrogens is 226 g/mol. The summed E-state index contributed by atoms with van der Waals surface area (Å²) in [4.78, 5) is 7.75. The Bertz CT molecular complexity index is 421. The van der Waals surface area contributed by atoms with E-state index in [1.165, 1.54) is 0 Å². The zero-order valence-corrected chi connectivity index (χ0v) is 9.99. The summed E-state index contributed by atoms with van der Waals surface area (Å²) in [7, 11) is 0. The molecule has 0 aliphatic rings. The number of guanidine groups is 2. The van der Waals surface area contributed by atoms with Crippen molar-refractivity contribution in [2.75, 3.05) is 0 Å². The molecule has 0 amide bonds. The minimum atomic E-state index is -0.0958. The van der Waals surface area contributed by atoms with Crippen LogP contribution in [0, 0.1) is 13.8 Å². The predicted molar refractivity (Wildman–Crippen MR) is 63.0 cm³/mol. The van der Waals surface area contributed by atoms with Gasteiger partial charge in [0.2, 0.25) is 5.96 Å². The van der Waals surface area contributed by atoms with Crippen molar-refractivity contribution < 1.29 is 12.4 Å². The number of aliphatic imine (C=N–C) groups is 2. The first kappa shape index (κ1) is 14.2. The number of halogens is 1. The van der Waals surface area contributed by atoms with Gasteiger partial charge in [0.05, 0.1) is 5.69 Å². The van der Waals surface area contributed by atoms with Gasteiger partial charge in [-0.2, -0.15) is 4.99 Å². The van der Waals surface area contributed by atoms with Crippen LogP contribution in [0.25, 0.3) is 0 Å². The number of hydrogen-bond donors (Lipinski definition) is 3. The van der Waals surface area contributed by atoms with E-state index in [0.29, 0.717) is 0 Å². The third-order valence-corrected chi connectivity index (χ3v) is 2.05. The van der Waals surface area contributed by atoms with Crippen LogP contribution in [0.3, 0.4) is 0 Å². The highest BCUT2D eigenvalue weighted by atomic mass is 35.5. The van der Waals surface area contributed by atoms with Crippen molar-refractivity contribution in [2.45, 2.75) is 13.8 Å². The largest absolute Gasteiger partial charge is 1.00 e. The van der Waals surface area contributed by atoms with E-state index in [-0.39, 0.29) is 24.3 Å². The maximum atomic E-state index is 5.53. The first-order valence-electron chi connectivity index (χ1n) is 4.50. The molecule has 0 atom stereocenters. The second-order valence-electron chi connectivity index (χ2n) is 3.23. The van der Waals surface area contributed by atoms with Crippen LogP contribution < -0.4 is 29.6 Å². The molecule has 5 nitrogen and oxygen atoms in total. The van der Waals surface area contributed by atoms with Crippen LogP contribution in [-0.4, -0.2) is 11.9 Å². The molecule has 0 spiro atoms. The van der Waals surface area contributed by atoms with Gasteiger partial charge in [0, 0.05) is 0 Å². The van der Waals surface area contributed by atoms with Gasteiger partial charge in [-0.25, -0.2) is 4.99 Å². The lowest BCUT2D eigenvalue weighted by Gasteiger charge is -2.03. The molecule has 0 aromatic heterocycles. The van der Waals surface area contributed by atoms with E-state index in [9.17, 15) is 0 Å². The van der Waals surface area contributed by atoms with E-state index < -0.39 is 0 Å². The van der Waals surface area contributed by atoms with Crippen LogP contribution in [-0.2, 0) is 0 Å². The highest BCUT2D eigenvalue weighted by molar-refractivity contribution is 5.93. The molecule has 0 aliphatic carbocycles. The van der Waals surface area contributed by atoms with Crippen molar-refractivity contribution >= 4 is 17.6 Å². The molecule has 0 radical (unpaired) electrons. The van der Waals surface area contributed by atoms with E-state index in [2.05, 4.69) is 9.98 Å². The second-order valence-corrected chi connectivity index (χ2v) is 3.23. The molecule has 88 valence electrons. The minimum absolute atomic E-state index is 0. The molecule has 0 aliphatic heterocycles. The Balaban J connectivity index is 0.00000225. The van der Waals surface area contributed by atoms with Gasteiger partial charge in [-0.05, 0) is 31.0 Å². The average molecular weight is 241 g/mol. The van der Waals surface area contributed by atoms with E-state index >= 15 is 0 Å². The van der Waals surface area contributed by atoms with Crippen LogP contribution in [0.15, 0.2) is 28.2 Å². The molecule has 6 N–H and O–H groups in total. The molecule has 0 saturated carbocycles. The van der Waals surface area contributed by atoms with Gasteiger partial charge in [-0.1, -0.05) is 12.1 Å². The summed E-state index contributed by atoms with van der Waals surface area (Å²) < 4.78 is 0. The quantitative estimate of drug-likeness (QED) is 0.374. The summed E-state index contributed by atoms with van der Waals surface area (Å²) >= 11 is 0. The SMILES string of the molecule is Cc1cccc(N=C(N)N=C(N)N)c1C.[Cl-]. The third kappa shape index (κ3) is 3.78. The van der Waals surface area contributed by atoms with E-state index in [0.717, 1.165) is 16.8 Å². The van der Waals surface area contributed by atoms with Crippen molar-refractivity contribution in [1.82, 2.24) is 0 Å². The lowest BCUT2D eigenvalue weighted by Crippen LogP contribution is -3.00. The van der Waals surface area contributed by atoms with Gasteiger partial charge >= 0.3 is 0 Å². The van der Waals surface area contributed by atoms with E-state index in [4.69, 9.17) is 17.2 Å². The van der Waals surface area contributed by atoms with Crippen LogP contribution in [0.2, 0.25) is 0 Å². The summed E-state index contributed by atoms with van der Waals surface area (Å²) in [6, 6.07) is 5.77. The zero-order chi connectivity index (χ0) is 11.4. The zero-order valence-electron chi connectivity index (χ0n) is 9.24. The summed E-state index contributed by atoms with van der Waals surface area (Å²) in [5, 5.41) is 0. The molecule has 6 heteroatoms. The van der Waals surface area contributed by atoms with E-state index in [1.54, 1.807) is 0 Å². The van der Waals surface area contributed by atoms with Gasteiger partial charge in [-0.15, -0.1) is 0 Å². The fourth-order valence-corrected chi connectivity index (χ4v) is 1.14. The molecule has 0 heterocycles. The normalized spacial score (nSPS) is 10.5. The standard InChI is InChI=1S/C10H15N5.ClH/c1-6-4-3-5-8(7(6)2)14-10(13)15-9(11)12;/h3-5H,1-2H3,(H6,11,12,13,14,15);1H/p-1. The average Bonchev–Trinajstić information content (AvgIpc) is 2.11. The Morgan fingerprint density at radius 1 is 1.12 bits per heavy atom. The molecule has 0 saturated heterocycles. The van der Waals surface area contributed by atoms with Crippen molar-refractivity contribution in [1.29, 1.82) is 0 Å². The molecule has 1 rings (SSSR count). The minimum Gasteiger partial charge on any atom is -1.00 e. The van der Waals surface area contributed by atoms with Crippen LogP contribution >= 0.6 is 0 Å². The van der Waals surface area contributed by atoms with Gasteiger partial charge in [0.15, 0.2) is 5.96 Å². The van der Waals surface area contributed by atoms with Crippen LogP contribution in [0.4, 0.5) is 5.69 Å². The van der Waals surface area contributed by atoms with Crippen LogP contribution in [0.5, 0.6) is 0 Å². The molecule has 16 heavy (non-hydrogen) atoms. The lowest BCUT2D eigenvalue weighted by molar-refractivity contribution is -0.00000380. The molecule has 1 aromatic rings. The Labute approximate surface area is 101 Å². The number of aryl methyl sites for hydroxylation is 1. The number of nitrogens with two attached hydrogens (primary N) is 3. The molecule has 1 aromatic carbocycles. The summed E-state index contributed by atoms with van der Waals surface area (Å²) in [5.41, 5.74) is 18.9. The van der Waals surface area contributed by atoms with Crippen molar-refractivity contribution in [3.8, 4) is 0 Å². The highest BCUT2D eigenvalue weighted by Crippen LogP contribution is 2.20. The molecule has 0 fully saturated rings. The Kier molecular flexibility index (Phi) is 5.32. The van der Waals surface area contributed by atoms with Gasteiger partial charge in [0.25, 0.3) is 0 Å². The van der Waals surface area contributed by atoms with Crippen LogP contribution in [0.1, 0.15) is 11.1 Å². The van der Waals surface area contributed by atoms with Gasteiger partial charge < -0.3 is 29.6 Å². The Hall–Kier alpha value is -1.75. The topological polar surface area (TPSA) is 103 Å². The van der Waals surface area contributed by atoms with Crippen molar-refractivity contribution in [3.05, 3.63) is 29.3 Å².